The molecule has 1 aliphatic rings. The number of ether oxygens (including phenoxy) is 1. The number of benzene rings is 2. The SMILES string of the molecule is Cc1cc2cc(n1)NCCCOc1cccc(c1)C[C@@H]([C@H](O)CNCc1cccc(C(C)C)c1)NC2=O. The van der Waals surface area contributed by atoms with E-state index >= 15 is 0 Å². The summed E-state index contributed by atoms with van der Waals surface area (Å²) in [5.74, 6) is 1.67. The van der Waals surface area contributed by atoms with Gasteiger partial charge in [-0.1, -0.05) is 50.2 Å². The second-order valence-electron chi connectivity index (χ2n) is 10.0. The highest BCUT2D eigenvalue weighted by molar-refractivity contribution is 5.95. The Labute approximate surface area is 219 Å². The van der Waals surface area contributed by atoms with Crippen molar-refractivity contribution in [2.45, 2.75) is 58.2 Å². The Morgan fingerprint density at radius 3 is 2.81 bits per heavy atom. The van der Waals surface area contributed by atoms with Crippen LogP contribution in [0.15, 0.2) is 60.7 Å². The van der Waals surface area contributed by atoms with E-state index in [2.05, 4.69) is 59.0 Å². The van der Waals surface area contributed by atoms with E-state index in [1.807, 2.05) is 31.2 Å². The quantitative estimate of drug-likeness (QED) is 0.404. The van der Waals surface area contributed by atoms with Gasteiger partial charge in [0, 0.05) is 30.9 Å². The maximum Gasteiger partial charge on any atom is 0.251 e. The summed E-state index contributed by atoms with van der Waals surface area (Å²) in [6, 6.07) is 19.4. The van der Waals surface area contributed by atoms with Crippen molar-refractivity contribution in [1.29, 1.82) is 0 Å². The lowest BCUT2D eigenvalue weighted by molar-refractivity contribution is 0.0829. The van der Waals surface area contributed by atoms with E-state index in [1.54, 1.807) is 12.1 Å². The van der Waals surface area contributed by atoms with Gasteiger partial charge in [0.25, 0.3) is 5.91 Å². The summed E-state index contributed by atoms with van der Waals surface area (Å²) >= 11 is 0. The first-order chi connectivity index (χ1) is 17.9. The molecule has 0 radical (unpaired) electrons. The summed E-state index contributed by atoms with van der Waals surface area (Å²) in [7, 11) is 0. The topological polar surface area (TPSA) is 95.5 Å². The molecule has 1 aromatic heterocycles. The molecule has 1 aliphatic heterocycles. The maximum absolute atomic E-state index is 13.3. The number of aromatic nitrogens is 1. The van der Waals surface area contributed by atoms with E-state index in [0.29, 0.717) is 50.0 Å². The van der Waals surface area contributed by atoms with Gasteiger partial charge in [0.1, 0.15) is 11.6 Å². The van der Waals surface area contributed by atoms with Crippen LogP contribution in [-0.2, 0) is 13.0 Å². The number of nitrogens with zero attached hydrogens (tertiary/aromatic N) is 1. The van der Waals surface area contributed by atoms with Gasteiger partial charge in [-0.3, -0.25) is 4.79 Å². The van der Waals surface area contributed by atoms with Gasteiger partial charge >= 0.3 is 0 Å². The highest BCUT2D eigenvalue weighted by atomic mass is 16.5. The smallest absolute Gasteiger partial charge is 0.251 e. The number of aliphatic hydroxyl groups excluding tert-OH is 1. The zero-order valence-corrected chi connectivity index (χ0v) is 22.0. The highest BCUT2D eigenvalue weighted by Crippen LogP contribution is 2.18. The molecule has 0 fully saturated rings. The van der Waals surface area contributed by atoms with Crippen LogP contribution in [0.3, 0.4) is 0 Å². The van der Waals surface area contributed by atoms with E-state index in [-0.39, 0.29) is 5.91 Å². The fourth-order valence-corrected chi connectivity index (χ4v) is 4.49. The van der Waals surface area contributed by atoms with Gasteiger partial charge in [-0.2, -0.15) is 0 Å². The fourth-order valence-electron chi connectivity index (χ4n) is 4.49. The molecule has 2 heterocycles. The molecule has 1 amide bonds. The number of amides is 1. The molecular weight excluding hydrogens is 464 g/mol. The molecule has 2 aromatic carbocycles. The average molecular weight is 503 g/mol. The number of carbonyl (C=O) groups excluding carboxylic acids is 1. The molecular formula is C30H38N4O3. The second kappa shape index (κ2) is 12.7. The molecule has 0 saturated carbocycles. The third-order valence-electron chi connectivity index (χ3n) is 6.55. The van der Waals surface area contributed by atoms with E-state index in [1.165, 1.54) is 11.1 Å². The Bertz CT molecular complexity index is 1200. The molecule has 196 valence electrons. The molecule has 4 rings (SSSR count). The minimum absolute atomic E-state index is 0.232. The molecule has 4 bridgehead atoms. The van der Waals surface area contributed by atoms with Gasteiger partial charge in [0.2, 0.25) is 0 Å². The molecule has 7 nitrogen and oxygen atoms in total. The highest BCUT2D eigenvalue weighted by Gasteiger charge is 2.23. The lowest BCUT2D eigenvalue weighted by atomic mass is 9.99. The van der Waals surface area contributed by atoms with Crippen LogP contribution < -0.4 is 20.7 Å². The van der Waals surface area contributed by atoms with E-state index in [4.69, 9.17) is 4.74 Å². The normalized spacial score (nSPS) is 17.1. The number of fused-ring (bicyclic) bond motifs is 4. The monoisotopic (exact) mass is 502 g/mol. The van der Waals surface area contributed by atoms with E-state index < -0.39 is 12.1 Å². The zero-order chi connectivity index (χ0) is 26.2. The van der Waals surface area contributed by atoms with Crippen LogP contribution in [0.5, 0.6) is 5.75 Å². The molecule has 3 aromatic rings. The van der Waals surface area contributed by atoms with Gasteiger partial charge in [0.15, 0.2) is 0 Å². The van der Waals surface area contributed by atoms with E-state index in [9.17, 15) is 9.90 Å². The predicted molar refractivity (Wildman–Crippen MR) is 147 cm³/mol. The van der Waals surface area contributed by atoms with Crippen molar-refractivity contribution >= 4 is 11.7 Å². The molecule has 2 atom stereocenters. The van der Waals surface area contributed by atoms with Gasteiger partial charge in [-0.05, 0) is 66.6 Å². The summed E-state index contributed by atoms with van der Waals surface area (Å²) in [5.41, 5.74) is 4.72. The van der Waals surface area contributed by atoms with Crippen LogP contribution in [0.25, 0.3) is 0 Å². The summed E-state index contributed by atoms with van der Waals surface area (Å²) in [4.78, 5) is 17.8. The Morgan fingerprint density at radius 2 is 1.97 bits per heavy atom. The third-order valence-corrected chi connectivity index (χ3v) is 6.55. The summed E-state index contributed by atoms with van der Waals surface area (Å²) in [5, 5.41) is 20.9. The number of nitrogens with one attached hydrogen (secondary N) is 3. The zero-order valence-electron chi connectivity index (χ0n) is 22.0. The summed E-state index contributed by atoms with van der Waals surface area (Å²) in [6.45, 7) is 8.46. The third kappa shape index (κ3) is 7.78. The number of carbonyl (C=O) groups is 1. The van der Waals surface area contributed by atoms with Gasteiger partial charge in [0.05, 0.1) is 18.8 Å². The van der Waals surface area contributed by atoms with Crippen molar-refractivity contribution in [2.75, 3.05) is 25.0 Å². The Balaban J connectivity index is 1.51. The van der Waals surface area contributed by atoms with Crippen molar-refractivity contribution in [3.63, 3.8) is 0 Å². The molecule has 4 N–H and O–H groups in total. The van der Waals surface area contributed by atoms with Crippen LogP contribution in [0, 0.1) is 6.92 Å². The Hall–Kier alpha value is -3.42. The first kappa shape index (κ1) is 26.6. The lowest BCUT2D eigenvalue weighted by Crippen LogP contribution is -2.48. The number of rotatable bonds is 6. The van der Waals surface area contributed by atoms with Crippen molar-refractivity contribution in [2.24, 2.45) is 0 Å². The van der Waals surface area contributed by atoms with Gasteiger partial charge < -0.3 is 25.8 Å². The minimum atomic E-state index is -0.794. The molecule has 0 spiro atoms. The fraction of sp³-hybridized carbons (Fsp3) is 0.400. The Morgan fingerprint density at radius 1 is 1.14 bits per heavy atom. The molecule has 37 heavy (non-hydrogen) atoms. The summed E-state index contributed by atoms with van der Waals surface area (Å²) in [6.07, 6.45) is 0.483. The number of pyridine rings is 1. The first-order valence-electron chi connectivity index (χ1n) is 13.1. The Kier molecular flexibility index (Phi) is 9.14. The summed E-state index contributed by atoms with van der Waals surface area (Å²) < 4.78 is 5.94. The molecule has 0 aliphatic carbocycles. The van der Waals surface area contributed by atoms with Crippen molar-refractivity contribution < 1.29 is 14.6 Å². The van der Waals surface area contributed by atoms with Crippen molar-refractivity contribution in [3.05, 3.63) is 88.6 Å². The second-order valence-corrected chi connectivity index (χ2v) is 10.0. The van der Waals surface area contributed by atoms with Crippen LogP contribution in [0.2, 0.25) is 0 Å². The first-order valence-corrected chi connectivity index (χ1v) is 13.1. The van der Waals surface area contributed by atoms with E-state index in [0.717, 1.165) is 23.4 Å². The van der Waals surface area contributed by atoms with Gasteiger partial charge in [-0.25, -0.2) is 4.98 Å². The van der Waals surface area contributed by atoms with Crippen molar-refractivity contribution in [3.8, 4) is 5.75 Å². The molecule has 7 heteroatoms. The van der Waals surface area contributed by atoms with Crippen LogP contribution in [0.1, 0.15) is 58.9 Å². The van der Waals surface area contributed by atoms with Gasteiger partial charge in [-0.15, -0.1) is 0 Å². The number of hydrogen-bond donors (Lipinski definition) is 4. The average Bonchev–Trinajstić information content (AvgIpc) is 2.88. The number of anilines is 1. The largest absolute Gasteiger partial charge is 0.494 e. The molecule has 0 unspecified atom stereocenters. The van der Waals surface area contributed by atoms with Crippen LogP contribution in [0.4, 0.5) is 5.82 Å². The maximum atomic E-state index is 13.3. The predicted octanol–water partition coefficient (Wildman–Crippen LogP) is 4.20. The number of aliphatic hydroxyl groups is 1. The minimum Gasteiger partial charge on any atom is -0.494 e. The lowest BCUT2D eigenvalue weighted by Gasteiger charge is -2.25. The number of aryl methyl sites for hydroxylation is 1. The van der Waals surface area contributed by atoms with Crippen LogP contribution >= 0.6 is 0 Å². The standard InChI is InChI=1S/C30H38N4O3/c1-20(2)24-9-4-8-23(14-24)18-31-19-28(35)27-16-22-7-5-10-26(15-22)37-12-6-11-32-29-17-25(30(36)34-27)13-21(3)33-29/h4-5,7-10,13-15,17,20,27-28,31,35H,6,11-12,16,18-19H2,1-3H3,(H,32,33)(H,34,36)/t27-,28+/m0/s1. The number of hydrogen-bond acceptors (Lipinski definition) is 6. The molecule has 0 saturated heterocycles. The van der Waals surface area contributed by atoms with Crippen LogP contribution in [-0.4, -0.2) is 47.8 Å². The van der Waals surface area contributed by atoms with Crippen molar-refractivity contribution in [1.82, 2.24) is 15.6 Å².